The molecule has 0 aliphatic carbocycles. The van der Waals surface area contributed by atoms with Gasteiger partial charge in [0, 0.05) is 5.56 Å². The van der Waals surface area contributed by atoms with Gasteiger partial charge in [-0.05, 0) is 30.7 Å². The zero-order valence-electron chi connectivity index (χ0n) is 11.6. The van der Waals surface area contributed by atoms with Crippen LogP contribution >= 0.6 is 0 Å². The molecule has 1 atom stereocenters. The van der Waals surface area contributed by atoms with E-state index < -0.39 is 0 Å². The van der Waals surface area contributed by atoms with E-state index in [9.17, 15) is 9.59 Å². The molecule has 0 aliphatic heterocycles. The maximum Gasteiger partial charge on any atom is 0.309 e. The SMILES string of the molecule is CCCC(C)C(=O)OCC(=O)c1ccc(OC)cc1. The van der Waals surface area contributed by atoms with E-state index in [2.05, 4.69) is 0 Å². The quantitative estimate of drug-likeness (QED) is 0.561. The van der Waals surface area contributed by atoms with Crippen LogP contribution in [0.15, 0.2) is 24.3 Å². The highest BCUT2D eigenvalue weighted by molar-refractivity contribution is 5.98. The summed E-state index contributed by atoms with van der Waals surface area (Å²) in [7, 11) is 1.56. The Kier molecular flexibility index (Phi) is 6.06. The first-order chi connectivity index (χ1) is 9.08. The molecule has 1 aromatic carbocycles. The number of rotatable bonds is 7. The molecule has 1 unspecified atom stereocenters. The van der Waals surface area contributed by atoms with Crippen LogP contribution in [0.25, 0.3) is 0 Å². The fraction of sp³-hybridized carbons (Fsp3) is 0.467. The van der Waals surface area contributed by atoms with Gasteiger partial charge in [-0.25, -0.2) is 0 Å². The molecule has 0 fully saturated rings. The molecule has 0 heterocycles. The van der Waals surface area contributed by atoms with Gasteiger partial charge in [0.15, 0.2) is 12.4 Å². The van der Waals surface area contributed by atoms with Crippen LogP contribution in [0.4, 0.5) is 0 Å². The average molecular weight is 264 g/mol. The minimum absolute atomic E-state index is 0.159. The zero-order valence-corrected chi connectivity index (χ0v) is 11.6. The number of hydrogen-bond donors (Lipinski definition) is 0. The summed E-state index contributed by atoms with van der Waals surface area (Å²) in [5.74, 6) is 0.00203. The minimum Gasteiger partial charge on any atom is -0.497 e. The van der Waals surface area contributed by atoms with Gasteiger partial charge in [-0.3, -0.25) is 9.59 Å². The summed E-state index contributed by atoms with van der Waals surface area (Å²) in [5.41, 5.74) is 0.511. The molecule has 1 aromatic rings. The van der Waals surface area contributed by atoms with Crippen LogP contribution in [0.1, 0.15) is 37.0 Å². The lowest BCUT2D eigenvalue weighted by molar-refractivity contribution is -0.146. The van der Waals surface area contributed by atoms with Gasteiger partial charge >= 0.3 is 5.97 Å². The smallest absolute Gasteiger partial charge is 0.309 e. The third-order valence-electron chi connectivity index (χ3n) is 2.88. The molecule has 19 heavy (non-hydrogen) atoms. The van der Waals surface area contributed by atoms with E-state index in [-0.39, 0.29) is 24.3 Å². The van der Waals surface area contributed by atoms with Crippen molar-refractivity contribution in [1.29, 1.82) is 0 Å². The fourth-order valence-corrected chi connectivity index (χ4v) is 1.69. The van der Waals surface area contributed by atoms with Gasteiger partial charge in [0.25, 0.3) is 0 Å². The van der Waals surface area contributed by atoms with Crippen molar-refractivity contribution < 1.29 is 19.1 Å². The van der Waals surface area contributed by atoms with E-state index >= 15 is 0 Å². The summed E-state index contributed by atoms with van der Waals surface area (Å²) < 4.78 is 10.0. The summed E-state index contributed by atoms with van der Waals surface area (Å²) in [6.07, 6.45) is 1.69. The largest absolute Gasteiger partial charge is 0.497 e. The molecule has 104 valence electrons. The Hall–Kier alpha value is -1.84. The Morgan fingerprint density at radius 1 is 1.21 bits per heavy atom. The number of benzene rings is 1. The van der Waals surface area contributed by atoms with E-state index in [1.165, 1.54) is 0 Å². The van der Waals surface area contributed by atoms with Crippen LogP contribution in [0.3, 0.4) is 0 Å². The van der Waals surface area contributed by atoms with E-state index in [4.69, 9.17) is 9.47 Å². The third-order valence-corrected chi connectivity index (χ3v) is 2.88. The lowest BCUT2D eigenvalue weighted by atomic mass is 10.1. The van der Waals surface area contributed by atoms with Crippen LogP contribution in [0.2, 0.25) is 0 Å². The number of ketones is 1. The van der Waals surface area contributed by atoms with Crippen molar-refractivity contribution in [1.82, 2.24) is 0 Å². The van der Waals surface area contributed by atoms with Crippen LogP contribution in [0, 0.1) is 5.92 Å². The fourth-order valence-electron chi connectivity index (χ4n) is 1.69. The van der Waals surface area contributed by atoms with Crippen LogP contribution < -0.4 is 4.74 Å². The molecule has 0 aromatic heterocycles. The molecule has 0 amide bonds. The van der Waals surface area contributed by atoms with Crippen molar-refractivity contribution in [3.63, 3.8) is 0 Å². The molecule has 0 saturated carbocycles. The Labute approximate surface area is 113 Å². The van der Waals surface area contributed by atoms with Gasteiger partial charge in [0.05, 0.1) is 13.0 Å². The number of ether oxygens (including phenoxy) is 2. The Morgan fingerprint density at radius 3 is 2.37 bits per heavy atom. The lowest BCUT2D eigenvalue weighted by Gasteiger charge is -2.09. The Bertz CT molecular complexity index is 422. The number of carbonyl (C=O) groups is 2. The van der Waals surface area contributed by atoms with E-state index in [1.54, 1.807) is 31.4 Å². The Morgan fingerprint density at radius 2 is 1.84 bits per heavy atom. The number of hydrogen-bond acceptors (Lipinski definition) is 4. The van der Waals surface area contributed by atoms with Gasteiger partial charge in [0.1, 0.15) is 5.75 Å². The molecule has 0 spiro atoms. The summed E-state index contributed by atoms with van der Waals surface area (Å²) in [6, 6.07) is 6.72. The molecule has 0 aliphatic rings. The van der Waals surface area contributed by atoms with Crippen LogP contribution in [-0.4, -0.2) is 25.5 Å². The normalized spacial score (nSPS) is 11.7. The minimum atomic E-state index is -0.316. The van der Waals surface area contributed by atoms with Crippen molar-refractivity contribution in [2.45, 2.75) is 26.7 Å². The molecule has 4 nitrogen and oxygen atoms in total. The average Bonchev–Trinajstić information content (AvgIpc) is 2.44. The van der Waals surface area contributed by atoms with Crippen molar-refractivity contribution in [2.24, 2.45) is 5.92 Å². The van der Waals surface area contributed by atoms with E-state index in [0.29, 0.717) is 11.3 Å². The second-order valence-corrected chi connectivity index (χ2v) is 4.45. The summed E-state index contributed by atoms with van der Waals surface area (Å²) >= 11 is 0. The summed E-state index contributed by atoms with van der Waals surface area (Å²) in [6.45, 7) is 3.61. The van der Waals surface area contributed by atoms with Crippen molar-refractivity contribution >= 4 is 11.8 Å². The molecular formula is C15H20O4. The van der Waals surface area contributed by atoms with Gasteiger partial charge in [-0.2, -0.15) is 0 Å². The number of esters is 1. The number of carbonyl (C=O) groups excluding carboxylic acids is 2. The summed E-state index contributed by atoms with van der Waals surface area (Å²) in [5, 5.41) is 0. The highest BCUT2D eigenvalue weighted by atomic mass is 16.5. The van der Waals surface area contributed by atoms with Gasteiger partial charge < -0.3 is 9.47 Å². The highest BCUT2D eigenvalue weighted by Gasteiger charge is 2.15. The maximum atomic E-state index is 11.8. The lowest BCUT2D eigenvalue weighted by Crippen LogP contribution is -2.19. The first kappa shape index (κ1) is 15.2. The zero-order chi connectivity index (χ0) is 14.3. The van der Waals surface area contributed by atoms with Gasteiger partial charge in [-0.1, -0.05) is 20.3 Å². The maximum absolute atomic E-state index is 11.8. The van der Waals surface area contributed by atoms with E-state index in [1.807, 2.05) is 13.8 Å². The van der Waals surface area contributed by atoms with Crippen molar-refractivity contribution in [2.75, 3.05) is 13.7 Å². The standard InChI is InChI=1S/C15H20O4/c1-4-5-11(2)15(17)19-10-14(16)12-6-8-13(18-3)9-7-12/h6-9,11H,4-5,10H2,1-3H3. The second-order valence-electron chi connectivity index (χ2n) is 4.45. The first-order valence-corrected chi connectivity index (χ1v) is 6.42. The predicted molar refractivity (Wildman–Crippen MR) is 72.4 cm³/mol. The van der Waals surface area contributed by atoms with E-state index in [0.717, 1.165) is 12.8 Å². The molecule has 4 heteroatoms. The van der Waals surface area contributed by atoms with Crippen molar-refractivity contribution in [3.8, 4) is 5.75 Å². The molecule has 0 saturated heterocycles. The highest BCUT2D eigenvalue weighted by Crippen LogP contribution is 2.12. The number of Topliss-reactive ketones (excluding diaryl/α,β-unsaturated/α-hetero) is 1. The monoisotopic (exact) mass is 264 g/mol. The topological polar surface area (TPSA) is 52.6 Å². The number of methoxy groups -OCH3 is 1. The van der Waals surface area contributed by atoms with Gasteiger partial charge in [-0.15, -0.1) is 0 Å². The molecule has 0 radical (unpaired) electrons. The first-order valence-electron chi connectivity index (χ1n) is 6.42. The van der Waals surface area contributed by atoms with Gasteiger partial charge in [0.2, 0.25) is 0 Å². The Balaban J connectivity index is 2.48. The van der Waals surface area contributed by atoms with Crippen LogP contribution in [-0.2, 0) is 9.53 Å². The van der Waals surface area contributed by atoms with Crippen molar-refractivity contribution in [3.05, 3.63) is 29.8 Å². The molecule has 0 N–H and O–H groups in total. The van der Waals surface area contributed by atoms with Crippen LogP contribution in [0.5, 0.6) is 5.75 Å². The molecular weight excluding hydrogens is 244 g/mol. The second kappa shape index (κ2) is 7.56. The third kappa shape index (κ3) is 4.73. The predicted octanol–water partition coefficient (Wildman–Crippen LogP) is 2.86. The molecule has 0 bridgehead atoms. The summed E-state index contributed by atoms with van der Waals surface area (Å²) in [4.78, 5) is 23.4. The molecule has 1 rings (SSSR count).